The molecule has 1 aliphatic rings. The van der Waals surface area contributed by atoms with Crippen molar-refractivity contribution in [1.29, 1.82) is 0 Å². The number of benzene rings is 1. The lowest BCUT2D eigenvalue weighted by Gasteiger charge is -2.24. The first-order valence-corrected chi connectivity index (χ1v) is 6.41. The fourth-order valence-electron chi connectivity index (χ4n) is 1.82. The Bertz CT molecular complexity index is 376. The maximum atomic E-state index is 13.3. The van der Waals surface area contributed by atoms with E-state index in [0.29, 0.717) is 5.69 Å². The number of anilines is 2. The summed E-state index contributed by atoms with van der Waals surface area (Å²) in [6.07, 6.45) is 1.02. The molecule has 2 nitrogen and oxygen atoms in total. The quantitative estimate of drug-likeness (QED) is 0.770. The van der Waals surface area contributed by atoms with E-state index in [4.69, 9.17) is 5.73 Å². The lowest BCUT2D eigenvalue weighted by Crippen LogP contribution is -2.26. The third-order valence-electron chi connectivity index (χ3n) is 2.64. The van der Waals surface area contributed by atoms with Crippen molar-refractivity contribution in [2.24, 2.45) is 0 Å². The van der Waals surface area contributed by atoms with Gasteiger partial charge in [-0.15, -0.1) is 0 Å². The van der Waals surface area contributed by atoms with Gasteiger partial charge in [-0.2, -0.15) is 11.8 Å². The molecule has 1 aliphatic heterocycles. The molecule has 0 saturated carbocycles. The summed E-state index contributed by atoms with van der Waals surface area (Å²) in [7, 11) is 0. The second-order valence-electron chi connectivity index (χ2n) is 3.77. The Labute approximate surface area is 97.8 Å². The number of rotatable bonds is 1. The molecule has 0 unspecified atom stereocenters. The zero-order valence-electron chi connectivity index (χ0n) is 8.88. The topological polar surface area (TPSA) is 29.3 Å². The summed E-state index contributed by atoms with van der Waals surface area (Å²) >= 11 is 1.86. The Kier molecular flexibility index (Phi) is 3.53. The number of nitrogens with two attached hydrogens (primary N) is 1. The van der Waals surface area contributed by atoms with E-state index >= 15 is 0 Å². The van der Waals surface area contributed by atoms with Crippen molar-refractivity contribution < 1.29 is 8.78 Å². The van der Waals surface area contributed by atoms with Gasteiger partial charge in [0, 0.05) is 24.9 Å². The van der Waals surface area contributed by atoms with E-state index in [-0.39, 0.29) is 5.69 Å². The number of hydrogen-bond donors (Lipinski definition) is 1. The molecule has 0 spiro atoms. The normalized spacial score (nSPS) is 17.2. The molecule has 1 aromatic carbocycles. The second kappa shape index (κ2) is 4.91. The molecule has 0 aliphatic carbocycles. The SMILES string of the molecule is Nc1c(F)cc(F)cc1N1CCCSCC1. The van der Waals surface area contributed by atoms with Gasteiger partial charge in [0.15, 0.2) is 5.82 Å². The molecule has 88 valence electrons. The minimum absolute atomic E-state index is 0.0494. The van der Waals surface area contributed by atoms with Gasteiger partial charge in [0.05, 0.1) is 11.4 Å². The van der Waals surface area contributed by atoms with Crippen LogP contribution in [0, 0.1) is 11.6 Å². The molecule has 0 atom stereocenters. The van der Waals surface area contributed by atoms with Crippen LogP contribution in [0.25, 0.3) is 0 Å². The molecule has 1 saturated heterocycles. The van der Waals surface area contributed by atoms with E-state index in [2.05, 4.69) is 0 Å². The average Bonchev–Trinajstić information content (AvgIpc) is 2.51. The Morgan fingerprint density at radius 1 is 1.19 bits per heavy atom. The molecule has 1 aromatic rings. The maximum absolute atomic E-state index is 13.3. The summed E-state index contributed by atoms with van der Waals surface area (Å²) in [6, 6.07) is 2.14. The monoisotopic (exact) mass is 244 g/mol. The zero-order chi connectivity index (χ0) is 11.5. The minimum Gasteiger partial charge on any atom is -0.395 e. The van der Waals surface area contributed by atoms with Crippen molar-refractivity contribution in [3.63, 3.8) is 0 Å². The molecule has 5 heteroatoms. The highest BCUT2D eigenvalue weighted by molar-refractivity contribution is 7.99. The van der Waals surface area contributed by atoms with Crippen LogP contribution in [0.4, 0.5) is 20.2 Å². The standard InChI is InChI=1S/C11H14F2N2S/c12-8-6-9(13)11(14)10(7-8)15-2-1-4-16-5-3-15/h6-7H,1-5,14H2. The fraction of sp³-hybridized carbons (Fsp3) is 0.455. The van der Waals surface area contributed by atoms with Crippen molar-refractivity contribution in [3.05, 3.63) is 23.8 Å². The summed E-state index contributed by atoms with van der Waals surface area (Å²) in [6.45, 7) is 1.60. The highest BCUT2D eigenvalue weighted by Crippen LogP contribution is 2.28. The summed E-state index contributed by atoms with van der Waals surface area (Å²) in [4.78, 5) is 1.96. The first-order chi connectivity index (χ1) is 7.68. The van der Waals surface area contributed by atoms with Crippen LogP contribution in [0.15, 0.2) is 12.1 Å². The smallest absolute Gasteiger partial charge is 0.151 e. The second-order valence-corrected chi connectivity index (χ2v) is 5.00. The van der Waals surface area contributed by atoms with Gasteiger partial charge >= 0.3 is 0 Å². The molecule has 16 heavy (non-hydrogen) atoms. The number of halogens is 2. The van der Waals surface area contributed by atoms with Crippen molar-refractivity contribution >= 4 is 23.1 Å². The summed E-state index contributed by atoms with van der Waals surface area (Å²) in [5.74, 6) is 0.816. The van der Waals surface area contributed by atoms with Gasteiger partial charge in [0.2, 0.25) is 0 Å². The van der Waals surface area contributed by atoms with Gasteiger partial charge in [0.1, 0.15) is 5.82 Å². The lowest BCUT2D eigenvalue weighted by atomic mass is 10.2. The highest BCUT2D eigenvalue weighted by Gasteiger charge is 2.16. The van der Waals surface area contributed by atoms with E-state index in [1.165, 1.54) is 6.07 Å². The number of nitrogen functional groups attached to an aromatic ring is 1. The van der Waals surface area contributed by atoms with Gasteiger partial charge in [-0.25, -0.2) is 8.78 Å². The van der Waals surface area contributed by atoms with Crippen molar-refractivity contribution in [2.45, 2.75) is 6.42 Å². The Morgan fingerprint density at radius 3 is 2.81 bits per heavy atom. The number of hydrogen-bond acceptors (Lipinski definition) is 3. The molecule has 0 bridgehead atoms. The molecule has 1 fully saturated rings. The predicted molar refractivity (Wildman–Crippen MR) is 64.9 cm³/mol. The van der Waals surface area contributed by atoms with Gasteiger partial charge in [0.25, 0.3) is 0 Å². The molecule has 1 heterocycles. The maximum Gasteiger partial charge on any atom is 0.151 e. The summed E-state index contributed by atoms with van der Waals surface area (Å²) < 4.78 is 26.4. The molecule has 2 N–H and O–H groups in total. The van der Waals surface area contributed by atoms with Crippen molar-refractivity contribution in [1.82, 2.24) is 0 Å². The fourth-order valence-corrected chi connectivity index (χ4v) is 2.71. The Balaban J connectivity index is 2.30. The molecule has 0 aromatic heterocycles. The van der Waals surface area contributed by atoms with Crippen LogP contribution in [-0.2, 0) is 0 Å². The third-order valence-corrected chi connectivity index (χ3v) is 3.68. The van der Waals surface area contributed by atoms with Crippen molar-refractivity contribution in [3.8, 4) is 0 Å². The Morgan fingerprint density at radius 2 is 2.00 bits per heavy atom. The first-order valence-electron chi connectivity index (χ1n) is 5.25. The minimum atomic E-state index is -0.674. The highest BCUT2D eigenvalue weighted by atomic mass is 32.2. The predicted octanol–water partition coefficient (Wildman–Crippen LogP) is 2.49. The molecular weight excluding hydrogens is 230 g/mol. The van der Waals surface area contributed by atoms with Gasteiger partial charge in [-0.3, -0.25) is 0 Å². The molecular formula is C11H14F2N2S. The van der Waals surface area contributed by atoms with Crippen LogP contribution in [-0.4, -0.2) is 24.6 Å². The van der Waals surface area contributed by atoms with Gasteiger partial charge < -0.3 is 10.6 Å². The van der Waals surface area contributed by atoms with E-state index in [9.17, 15) is 8.78 Å². The van der Waals surface area contributed by atoms with Crippen molar-refractivity contribution in [2.75, 3.05) is 35.2 Å². The molecule has 2 rings (SSSR count). The van der Waals surface area contributed by atoms with E-state index < -0.39 is 11.6 Å². The van der Waals surface area contributed by atoms with Gasteiger partial charge in [-0.05, 0) is 18.2 Å². The largest absolute Gasteiger partial charge is 0.395 e. The van der Waals surface area contributed by atoms with E-state index in [1.807, 2.05) is 16.7 Å². The third kappa shape index (κ3) is 2.40. The molecule has 0 amide bonds. The van der Waals surface area contributed by atoms with Crippen LogP contribution in [0.5, 0.6) is 0 Å². The zero-order valence-corrected chi connectivity index (χ0v) is 9.70. The van der Waals surface area contributed by atoms with Crippen LogP contribution >= 0.6 is 11.8 Å². The molecule has 0 radical (unpaired) electrons. The number of thioether (sulfide) groups is 1. The van der Waals surface area contributed by atoms with Crippen LogP contribution in [0.1, 0.15) is 6.42 Å². The Hall–Kier alpha value is -0.970. The van der Waals surface area contributed by atoms with E-state index in [0.717, 1.165) is 37.1 Å². The summed E-state index contributed by atoms with van der Waals surface area (Å²) in [5.41, 5.74) is 6.18. The van der Waals surface area contributed by atoms with Gasteiger partial charge in [-0.1, -0.05) is 0 Å². The van der Waals surface area contributed by atoms with Crippen LogP contribution in [0.3, 0.4) is 0 Å². The lowest BCUT2D eigenvalue weighted by molar-refractivity contribution is 0.585. The summed E-state index contributed by atoms with van der Waals surface area (Å²) in [5, 5.41) is 0. The first kappa shape index (κ1) is 11.5. The van der Waals surface area contributed by atoms with Crippen LogP contribution in [0.2, 0.25) is 0 Å². The number of nitrogens with zero attached hydrogens (tertiary/aromatic N) is 1. The van der Waals surface area contributed by atoms with E-state index in [1.54, 1.807) is 0 Å². The van der Waals surface area contributed by atoms with Crippen LogP contribution < -0.4 is 10.6 Å². The average molecular weight is 244 g/mol.